The average Bonchev–Trinajstić information content (AvgIpc) is 2.69. The van der Waals surface area contributed by atoms with Crippen molar-refractivity contribution in [2.45, 2.75) is 33.2 Å². The summed E-state index contributed by atoms with van der Waals surface area (Å²) in [6.45, 7) is 16.1. The molecule has 0 saturated heterocycles. The Morgan fingerprint density at radius 2 is 1.75 bits per heavy atom. The van der Waals surface area contributed by atoms with Crippen molar-refractivity contribution in [2.24, 2.45) is 0 Å². The van der Waals surface area contributed by atoms with E-state index in [0.717, 1.165) is 5.56 Å². The Hall–Kier alpha value is -2.77. The number of ether oxygens (including phenoxy) is 1. The first-order chi connectivity index (χ1) is 15.0. The summed E-state index contributed by atoms with van der Waals surface area (Å²) >= 11 is 0. The fraction of sp³-hybridized carbons (Fsp3) is 0.320. The molecule has 1 N–H and O–H groups in total. The summed E-state index contributed by atoms with van der Waals surface area (Å²) in [5.74, 6) is -1.30. The number of methoxy groups -OCH3 is 1. The van der Waals surface area contributed by atoms with E-state index in [-0.39, 0.29) is 18.1 Å². The maximum atomic E-state index is 15.5. The number of halogens is 2. The maximum absolute atomic E-state index is 15.5. The summed E-state index contributed by atoms with van der Waals surface area (Å²) in [4.78, 5) is 13.9. The number of anilines is 2. The fourth-order valence-corrected chi connectivity index (χ4v) is 5.06. The Bertz CT molecular complexity index is 1010. The van der Waals surface area contributed by atoms with Gasteiger partial charge in [0.1, 0.15) is 11.6 Å². The Balaban J connectivity index is 2.96. The molecule has 0 aliphatic rings. The predicted octanol–water partition coefficient (Wildman–Crippen LogP) is 5.46. The lowest BCUT2D eigenvalue weighted by Gasteiger charge is -2.30. The van der Waals surface area contributed by atoms with Crippen LogP contribution in [-0.4, -0.2) is 34.2 Å². The first kappa shape index (κ1) is 25.5. The lowest BCUT2D eigenvalue weighted by molar-refractivity contribution is -0.114. The zero-order valence-electron chi connectivity index (χ0n) is 19.5. The van der Waals surface area contributed by atoms with Crippen molar-refractivity contribution in [2.75, 3.05) is 30.4 Å². The lowest BCUT2D eigenvalue weighted by atomic mass is 9.96. The van der Waals surface area contributed by atoms with Crippen LogP contribution in [0.2, 0.25) is 19.6 Å². The van der Waals surface area contributed by atoms with Gasteiger partial charge in [0.25, 0.3) is 0 Å². The van der Waals surface area contributed by atoms with E-state index < -0.39 is 19.7 Å². The first-order valence-electron chi connectivity index (χ1n) is 10.4. The second-order valence-corrected chi connectivity index (χ2v) is 13.7. The average molecular weight is 459 g/mol. The van der Waals surface area contributed by atoms with Gasteiger partial charge in [-0.2, -0.15) is 0 Å². The van der Waals surface area contributed by atoms with Gasteiger partial charge in [-0.05, 0) is 23.4 Å². The Kier molecular flexibility index (Phi) is 8.52. The number of nitrogens with zero attached hydrogens (tertiary/aromatic N) is 1. The molecule has 0 atom stereocenters. The van der Waals surface area contributed by atoms with Crippen molar-refractivity contribution in [1.29, 1.82) is 0 Å². The van der Waals surface area contributed by atoms with E-state index >= 15 is 8.78 Å². The molecule has 0 aliphatic carbocycles. The van der Waals surface area contributed by atoms with Gasteiger partial charge in [0.2, 0.25) is 5.91 Å². The smallest absolute Gasteiger partial charge is 0.221 e. The Morgan fingerprint density at radius 1 is 1.12 bits per heavy atom. The summed E-state index contributed by atoms with van der Waals surface area (Å²) in [5, 5.41) is 3.19. The van der Waals surface area contributed by atoms with E-state index in [1.54, 1.807) is 25.3 Å². The molecule has 0 spiro atoms. The van der Waals surface area contributed by atoms with Gasteiger partial charge in [0.15, 0.2) is 0 Å². The minimum atomic E-state index is -2.10. The number of hydrogen-bond acceptors (Lipinski definition) is 3. The van der Waals surface area contributed by atoms with E-state index in [1.807, 2.05) is 30.6 Å². The highest BCUT2D eigenvalue weighted by Crippen LogP contribution is 2.42. The van der Waals surface area contributed by atoms with Gasteiger partial charge in [-0.1, -0.05) is 37.9 Å². The molecule has 2 rings (SSSR count). The van der Waals surface area contributed by atoms with Crippen molar-refractivity contribution in [1.82, 2.24) is 0 Å². The molecule has 0 aromatic heterocycles. The van der Waals surface area contributed by atoms with Crippen LogP contribution in [0.4, 0.5) is 20.2 Å². The molecule has 0 heterocycles. The normalized spacial score (nSPS) is 11.2. The quantitative estimate of drug-likeness (QED) is 0.380. The molecule has 0 fully saturated rings. The van der Waals surface area contributed by atoms with Crippen molar-refractivity contribution < 1.29 is 18.3 Å². The van der Waals surface area contributed by atoms with Crippen LogP contribution in [0.1, 0.15) is 12.5 Å². The molecule has 0 radical (unpaired) electrons. The third-order valence-electron chi connectivity index (χ3n) is 5.02. The van der Waals surface area contributed by atoms with E-state index in [4.69, 9.17) is 4.74 Å². The number of carbonyl (C=O) groups is 1. The summed E-state index contributed by atoms with van der Waals surface area (Å²) in [7, 11) is -0.530. The minimum absolute atomic E-state index is 0.0827. The highest BCUT2D eigenvalue weighted by Gasteiger charge is 2.27. The molecular formula is C25H32F2N2O2Si. The third kappa shape index (κ3) is 5.72. The largest absolute Gasteiger partial charge is 0.380 e. The van der Waals surface area contributed by atoms with Crippen LogP contribution in [0.5, 0.6) is 0 Å². The molecule has 0 saturated carbocycles. The second kappa shape index (κ2) is 10.7. The van der Waals surface area contributed by atoms with Crippen molar-refractivity contribution in [3.63, 3.8) is 0 Å². The summed E-state index contributed by atoms with van der Waals surface area (Å²) < 4.78 is 36.1. The SMILES string of the molecule is C=CCN(CC=C)c1c(COC)ccc(NC(C)=O)c1-c1cc(F)c([Si](C)(C)C)cc1F. The molecule has 0 unspecified atom stereocenters. The van der Waals surface area contributed by atoms with E-state index in [9.17, 15) is 4.79 Å². The van der Waals surface area contributed by atoms with Crippen LogP contribution in [0.25, 0.3) is 11.1 Å². The van der Waals surface area contributed by atoms with Crippen molar-refractivity contribution in [3.8, 4) is 11.1 Å². The van der Waals surface area contributed by atoms with E-state index in [1.165, 1.54) is 19.1 Å². The molecule has 0 aliphatic heterocycles. The van der Waals surface area contributed by atoms with Crippen LogP contribution < -0.4 is 15.4 Å². The molecule has 172 valence electrons. The number of benzene rings is 2. The number of carbonyl (C=O) groups excluding carboxylic acids is 1. The fourth-order valence-electron chi connectivity index (χ4n) is 3.72. The monoisotopic (exact) mass is 458 g/mol. The first-order valence-corrected chi connectivity index (χ1v) is 13.9. The summed E-state index contributed by atoms with van der Waals surface area (Å²) in [5.41, 5.74) is 2.28. The lowest BCUT2D eigenvalue weighted by Crippen LogP contribution is -2.40. The predicted molar refractivity (Wildman–Crippen MR) is 132 cm³/mol. The van der Waals surface area contributed by atoms with Gasteiger partial charge in [0, 0.05) is 43.8 Å². The number of amides is 1. The molecule has 1 amide bonds. The second-order valence-electron chi connectivity index (χ2n) is 8.65. The molecule has 32 heavy (non-hydrogen) atoms. The summed E-state index contributed by atoms with van der Waals surface area (Å²) in [6.07, 6.45) is 3.44. The van der Waals surface area contributed by atoms with E-state index in [2.05, 4.69) is 18.5 Å². The highest BCUT2D eigenvalue weighted by molar-refractivity contribution is 6.88. The van der Waals surface area contributed by atoms with Gasteiger partial charge in [-0.15, -0.1) is 13.2 Å². The van der Waals surface area contributed by atoms with Crippen molar-refractivity contribution in [3.05, 3.63) is 66.8 Å². The highest BCUT2D eigenvalue weighted by atomic mass is 28.3. The third-order valence-corrected chi connectivity index (χ3v) is 7.02. The molecule has 2 aromatic carbocycles. The minimum Gasteiger partial charge on any atom is -0.380 e. The van der Waals surface area contributed by atoms with Crippen molar-refractivity contribution >= 4 is 30.5 Å². The van der Waals surface area contributed by atoms with Gasteiger partial charge in [0.05, 0.1) is 26.1 Å². The van der Waals surface area contributed by atoms with Gasteiger partial charge in [-0.3, -0.25) is 4.79 Å². The molecular weight excluding hydrogens is 426 g/mol. The van der Waals surface area contributed by atoms with Gasteiger partial charge < -0.3 is 15.0 Å². The van der Waals surface area contributed by atoms with E-state index in [0.29, 0.717) is 35.2 Å². The zero-order valence-corrected chi connectivity index (χ0v) is 20.5. The summed E-state index contributed by atoms with van der Waals surface area (Å²) in [6, 6.07) is 6.05. The number of hydrogen-bond donors (Lipinski definition) is 1. The molecule has 0 bridgehead atoms. The number of nitrogens with one attached hydrogen (secondary N) is 1. The molecule has 2 aromatic rings. The number of rotatable bonds is 10. The van der Waals surface area contributed by atoms with Crippen LogP contribution in [0, 0.1) is 11.6 Å². The van der Waals surface area contributed by atoms with Gasteiger partial charge >= 0.3 is 0 Å². The van der Waals surface area contributed by atoms with Crippen LogP contribution >= 0.6 is 0 Å². The van der Waals surface area contributed by atoms with Crippen LogP contribution in [0.15, 0.2) is 49.6 Å². The van der Waals surface area contributed by atoms with Crippen LogP contribution in [0.3, 0.4) is 0 Å². The molecule has 7 heteroatoms. The van der Waals surface area contributed by atoms with Crippen LogP contribution in [-0.2, 0) is 16.1 Å². The standard InChI is InChI=1S/C25H32F2N2O2Si/c1-8-12-29(13-9-2)25-18(16-31-4)10-11-22(28-17(3)30)24(25)19-14-21(27)23(15-20(19)26)32(5,6)7/h8-11,14-15H,1-2,12-13,16H2,3-7H3,(H,28,30). The zero-order chi connectivity index (χ0) is 24.1. The Labute approximate surface area is 190 Å². The maximum Gasteiger partial charge on any atom is 0.221 e. The Morgan fingerprint density at radius 3 is 2.25 bits per heavy atom. The molecule has 4 nitrogen and oxygen atoms in total. The topological polar surface area (TPSA) is 41.6 Å². The van der Waals surface area contributed by atoms with Gasteiger partial charge in [-0.25, -0.2) is 8.78 Å².